The average molecular weight is 408 g/mol. The molecule has 6 nitrogen and oxygen atoms in total. The highest BCUT2D eigenvalue weighted by Gasteiger charge is 2.13. The van der Waals surface area contributed by atoms with Crippen LogP contribution in [0.2, 0.25) is 5.02 Å². The zero-order valence-electron chi connectivity index (χ0n) is 15.6. The minimum atomic E-state index is 0.371. The van der Waals surface area contributed by atoms with E-state index in [9.17, 15) is 0 Å². The highest BCUT2D eigenvalue weighted by atomic mass is 35.5. The highest BCUT2D eigenvalue weighted by molar-refractivity contribution is 6.33. The predicted octanol–water partition coefficient (Wildman–Crippen LogP) is 5.25. The summed E-state index contributed by atoms with van der Waals surface area (Å²) in [6, 6.07) is 14.4. The second kappa shape index (κ2) is 8.24. The zero-order valence-corrected chi connectivity index (χ0v) is 16.4. The highest BCUT2D eigenvalue weighted by Crippen LogP contribution is 2.38. The maximum Gasteiger partial charge on any atom is 0.163 e. The molecule has 0 atom stereocenters. The number of nitrogens with two attached hydrogens (primary N) is 1. The minimum absolute atomic E-state index is 0.371. The van der Waals surface area contributed by atoms with Gasteiger partial charge in [0.1, 0.15) is 18.1 Å². The Labute approximate surface area is 172 Å². The van der Waals surface area contributed by atoms with Gasteiger partial charge in [0.2, 0.25) is 0 Å². The van der Waals surface area contributed by atoms with Crippen molar-refractivity contribution in [1.29, 1.82) is 0 Å². The topological polar surface area (TPSA) is 79.5 Å². The van der Waals surface area contributed by atoms with Crippen LogP contribution in [0.5, 0.6) is 23.0 Å². The van der Waals surface area contributed by atoms with Gasteiger partial charge >= 0.3 is 0 Å². The number of nitrogens with zero attached hydrogens (tertiary/aromatic N) is 2. The van der Waals surface area contributed by atoms with Gasteiger partial charge < -0.3 is 19.9 Å². The molecule has 4 rings (SSSR count). The zero-order chi connectivity index (χ0) is 20.2. The summed E-state index contributed by atoms with van der Waals surface area (Å²) in [5.41, 5.74) is 7.93. The van der Waals surface area contributed by atoms with Crippen LogP contribution in [0.3, 0.4) is 0 Å². The third-order valence-electron chi connectivity index (χ3n) is 4.30. The number of nitrogen functional groups attached to an aromatic ring is 1. The molecule has 0 spiro atoms. The Kier molecular flexibility index (Phi) is 5.35. The number of fused-ring (bicyclic) bond motifs is 1. The number of methoxy groups -OCH3 is 1. The number of hydrogen-bond donors (Lipinski definition) is 1. The standard InChI is InChI=1S/C22H18ClN3O3/c1-27-21-10-16-19(11-22(21)28-13-14-3-2-7-25-12-14)26-8-6-20(16)29-15-4-5-18(24)17(23)9-15/h2-12H,13,24H2,1H3. The minimum Gasteiger partial charge on any atom is -0.493 e. The lowest BCUT2D eigenvalue weighted by molar-refractivity contribution is 0.284. The van der Waals surface area contributed by atoms with Crippen LogP contribution in [0.25, 0.3) is 10.9 Å². The summed E-state index contributed by atoms with van der Waals surface area (Å²) in [6.07, 6.45) is 5.16. The maximum absolute atomic E-state index is 6.09. The first kappa shape index (κ1) is 18.8. The molecule has 0 aliphatic carbocycles. The van der Waals surface area contributed by atoms with Gasteiger partial charge in [0, 0.05) is 41.7 Å². The largest absolute Gasteiger partial charge is 0.493 e. The molecule has 2 N–H and O–H groups in total. The van der Waals surface area contributed by atoms with E-state index >= 15 is 0 Å². The fourth-order valence-electron chi connectivity index (χ4n) is 2.83. The van der Waals surface area contributed by atoms with Crippen LogP contribution >= 0.6 is 11.6 Å². The third-order valence-corrected chi connectivity index (χ3v) is 4.63. The Balaban J connectivity index is 1.66. The summed E-state index contributed by atoms with van der Waals surface area (Å²) in [5, 5.41) is 1.22. The molecule has 29 heavy (non-hydrogen) atoms. The average Bonchev–Trinajstić information content (AvgIpc) is 2.75. The monoisotopic (exact) mass is 407 g/mol. The van der Waals surface area contributed by atoms with Crippen molar-refractivity contribution >= 4 is 28.2 Å². The molecular formula is C22H18ClN3O3. The molecule has 0 amide bonds. The van der Waals surface area contributed by atoms with Crippen LogP contribution in [0.4, 0.5) is 5.69 Å². The molecule has 0 aliphatic heterocycles. The van der Waals surface area contributed by atoms with Crippen molar-refractivity contribution in [2.75, 3.05) is 12.8 Å². The molecule has 7 heteroatoms. The van der Waals surface area contributed by atoms with Crippen LogP contribution in [0, 0.1) is 0 Å². The second-order valence-corrected chi connectivity index (χ2v) is 6.67. The molecule has 0 fully saturated rings. The Morgan fingerprint density at radius 2 is 1.90 bits per heavy atom. The van der Waals surface area contributed by atoms with E-state index in [1.165, 1.54) is 0 Å². The molecule has 2 heterocycles. The van der Waals surface area contributed by atoms with Gasteiger partial charge in [-0.15, -0.1) is 0 Å². The van der Waals surface area contributed by atoms with E-state index in [2.05, 4.69) is 9.97 Å². The number of benzene rings is 2. The summed E-state index contributed by atoms with van der Waals surface area (Å²) in [6.45, 7) is 0.371. The molecule has 0 bridgehead atoms. The predicted molar refractivity (Wildman–Crippen MR) is 113 cm³/mol. The van der Waals surface area contributed by atoms with Gasteiger partial charge in [-0.25, -0.2) is 0 Å². The Morgan fingerprint density at radius 1 is 1.00 bits per heavy atom. The molecule has 2 aromatic heterocycles. The van der Waals surface area contributed by atoms with Gasteiger partial charge in [-0.05, 0) is 30.3 Å². The first-order chi connectivity index (χ1) is 14.1. The first-order valence-corrected chi connectivity index (χ1v) is 9.23. The molecule has 146 valence electrons. The van der Waals surface area contributed by atoms with Crippen molar-refractivity contribution in [3.8, 4) is 23.0 Å². The lowest BCUT2D eigenvalue weighted by atomic mass is 10.1. The SMILES string of the molecule is COc1cc2c(Oc3ccc(N)c(Cl)c3)ccnc2cc1OCc1cccnc1. The van der Waals surface area contributed by atoms with Crippen molar-refractivity contribution in [3.63, 3.8) is 0 Å². The van der Waals surface area contributed by atoms with E-state index in [1.807, 2.05) is 24.3 Å². The van der Waals surface area contributed by atoms with Crippen LogP contribution in [-0.2, 0) is 6.61 Å². The van der Waals surface area contributed by atoms with Crippen molar-refractivity contribution in [1.82, 2.24) is 9.97 Å². The fraction of sp³-hybridized carbons (Fsp3) is 0.0909. The van der Waals surface area contributed by atoms with E-state index in [0.717, 1.165) is 10.9 Å². The van der Waals surface area contributed by atoms with Crippen LogP contribution in [-0.4, -0.2) is 17.1 Å². The normalized spacial score (nSPS) is 10.7. The van der Waals surface area contributed by atoms with Gasteiger partial charge in [-0.2, -0.15) is 0 Å². The molecular weight excluding hydrogens is 390 g/mol. The quantitative estimate of drug-likeness (QED) is 0.440. The Morgan fingerprint density at radius 3 is 2.66 bits per heavy atom. The van der Waals surface area contributed by atoms with Crippen molar-refractivity contribution < 1.29 is 14.2 Å². The Hall–Kier alpha value is -3.51. The lowest BCUT2D eigenvalue weighted by Crippen LogP contribution is -1.99. The number of rotatable bonds is 6. The lowest BCUT2D eigenvalue weighted by Gasteiger charge is -2.14. The maximum atomic E-state index is 6.09. The van der Waals surface area contributed by atoms with Crippen LogP contribution < -0.4 is 19.9 Å². The van der Waals surface area contributed by atoms with Gasteiger partial charge in [0.05, 0.1) is 23.3 Å². The molecule has 0 unspecified atom stereocenters. The van der Waals surface area contributed by atoms with Crippen molar-refractivity contribution in [2.45, 2.75) is 6.61 Å². The van der Waals surface area contributed by atoms with E-state index in [-0.39, 0.29) is 0 Å². The van der Waals surface area contributed by atoms with Crippen LogP contribution in [0.15, 0.2) is 67.1 Å². The number of aromatic nitrogens is 2. The van der Waals surface area contributed by atoms with Gasteiger partial charge in [-0.3, -0.25) is 9.97 Å². The number of anilines is 1. The molecule has 0 saturated heterocycles. The molecule has 2 aromatic carbocycles. The summed E-state index contributed by atoms with van der Waals surface area (Å²) >= 11 is 6.09. The molecule has 0 aliphatic rings. The second-order valence-electron chi connectivity index (χ2n) is 6.26. The van der Waals surface area contributed by atoms with Gasteiger partial charge in [0.15, 0.2) is 11.5 Å². The van der Waals surface area contributed by atoms with Crippen molar-refractivity contribution in [2.24, 2.45) is 0 Å². The van der Waals surface area contributed by atoms with Crippen LogP contribution in [0.1, 0.15) is 5.56 Å². The molecule has 4 aromatic rings. The third kappa shape index (κ3) is 4.17. The Bertz CT molecular complexity index is 1150. The number of ether oxygens (including phenoxy) is 3. The van der Waals surface area contributed by atoms with Crippen molar-refractivity contribution in [3.05, 3.63) is 77.7 Å². The number of halogens is 1. The van der Waals surface area contributed by atoms with Gasteiger partial charge in [-0.1, -0.05) is 17.7 Å². The van der Waals surface area contributed by atoms with E-state index < -0.39 is 0 Å². The smallest absolute Gasteiger partial charge is 0.163 e. The summed E-state index contributed by atoms with van der Waals surface area (Å²) in [7, 11) is 1.59. The first-order valence-electron chi connectivity index (χ1n) is 8.85. The van der Waals surface area contributed by atoms with E-state index in [0.29, 0.717) is 45.8 Å². The summed E-state index contributed by atoms with van der Waals surface area (Å²) in [5.74, 6) is 2.36. The number of pyridine rings is 2. The van der Waals surface area contributed by atoms with E-state index in [4.69, 9.17) is 31.5 Å². The fourth-order valence-corrected chi connectivity index (χ4v) is 3.00. The van der Waals surface area contributed by atoms with E-state index in [1.54, 1.807) is 50.0 Å². The molecule has 0 saturated carbocycles. The summed E-state index contributed by atoms with van der Waals surface area (Å²) in [4.78, 5) is 8.53. The van der Waals surface area contributed by atoms with Gasteiger partial charge in [0.25, 0.3) is 0 Å². The summed E-state index contributed by atoms with van der Waals surface area (Å²) < 4.78 is 17.5. The molecule has 0 radical (unpaired) electrons. The number of hydrogen-bond acceptors (Lipinski definition) is 6.